The maximum absolute atomic E-state index is 12.6. The van der Waals surface area contributed by atoms with Crippen molar-refractivity contribution in [3.8, 4) is 11.3 Å². The number of rotatable bonds is 4. The third-order valence-corrected chi connectivity index (χ3v) is 5.78. The molecule has 0 atom stereocenters. The summed E-state index contributed by atoms with van der Waals surface area (Å²) < 4.78 is 1.95. The zero-order valence-corrected chi connectivity index (χ0v) is 18.8. The number of piperazine rings is 1. The lowest BCUT2D eigenvalue weighted by molar-refractivity contribution is 0.0628. The van der Waals surface area contributed by atoms with E-state index in [4.69, 9.17) is 0 Å². The van der Waals surface area contributed by atoms with Crippen molar-refractivity contribution in [2.45, 2.75) is 32.7 Å². The summed E-state index contributed by atoms with van der Waals surface area (Å²) in [5, 5.41) is 4.68. The Labute approximate surface area is 184 Å². The van der Waals surface area contributed by atoms with Crippen LogP contribution in [0.1, 0.15) is 42.4 Å². The van der Waals surface area contributed by atoms with E-state index in [-0.39, 0.29) is 11.3 Å². The van der Waals surface area contributed by atoms with E-state index in [2.05, 4.69) is 66.1 Å². The van der Waals surface area contributed by atoms with Crippen LogP contribution in [0.25, 0.3) is 11.3 Å². The Morgan fingerprint density at radius 3 is 2.48 bits per heavy atom. The van der Waals surface area contributed by atoms with E-state index in [1.165, 1.54) is 0 Å². The lowest BCUT2D eigenvalue weighted by Crippen LogP contribution is -2.48. The number of carbonyl (C=O) groups is 1. The van der Waals surface area contributed by atoms with Gasteiger partial charge in [0.25, 0.3) is 5.91 Å². The standard InChI is InChI=1S/C25H30N5O/c1-25(2,3)23-16-22(28(4)27-23)20-9-7-19(8-10-20)18-29-12-14-30(15-13-29)24(31)21-6-5-11-26-17-21/h5-7,9-11,16-17H,12-15,18H2,1-4H3. The Balaban J connectivity index is 1.35. The van der Waals surface area contributed by atoms with Gasteiger partial charge in [-0.2, -0.15) is 5.10 Å². The van der Waals surface area contributed by atoms with Crippen LogP contribution in [-0.2, 0) is 19.0 Å². The number of aryl methyl sites for hydroxylation is 1. The Kier molecular flexibility index (Phi) is 5.92. The zero-order valence-electron chi connectivity index (χ0n) is 18.8. The van der Waals surface area contributed by atoms with Crippen LogP contribution >= 0.6 is 0 Å². The SMILES string of the molecule is Cn1nc(C(C)(C)C)cc1-c1c[c]c(CN2CCN(C(=O)c3cccnc3)CC2)cc1. The fourth-order valence-electron chi connectivity index (χ4n) is 3.84. The molecular formula is C25H30N5O. The number of hydrogen-bond donors (Lipinski definition) is 0. The molecule has 1 amide bonds. The van der Waals surface area contributed by atoms with Crippen LogP contribution in [0.5, 0.6) is 0 Å². The van der Waals surface area contributed by atoms with Gasteiger partial charge >= 0.3 is 0 Å². The minimum Gasteiger partial charge on any atom is -0.336 e. The van der Waals surface area contributed by atoms with Crippen molar-refractivity contribution in [1.82, 2.24) is 24.6 Å². The van der Waals surface area contributed by atoms with Gasteiger partial charge in [-0.05, 0) is 35.9 Å². The van der Waals surface area contributed by atoms with Gasteiger partial charge in [0.2, 0.25) is 0 Å². The van der Waals surface area contributed by atoms with Crippen LogP contribution in [0.2, 0.25) is 0 Å². The first kappa shape index (κ1) is 21.2. The maximum Gasteiger partial charge on any atom is 0.255 e. The lowest BCUT2D eigenvalue weighted by Gasteiger charge is -2.34. The van der Waals surface area contributed by atoms with Crippen molar-refractivity contribution in [1.29, 1.82) is 0 Å². The largest absolute Gasteiger partial charge is 0.336 e. The monoisotopic (exact) mass is 416 g/mol. The Bertz CT molecular complexity index is 1030. The first-order valence-electron chi connectivity index (χ1n) is 10.8. The number of hydrogen-bond acceptors (Lipinski definition) is 4. The van der Waals surface area contributed by atoms with Gasteiger partial charge in [0.05, 0.1) is 17.0 Å². The van der Waals surface area contributed by atoms with Gasteiger partial charge in [-0.15, -0.1) is 0 Å². The summed E-state index contributed by atoms with van der Waals surface area (Å²) in [6.45, 7) is 10.6. The van der Waals surface area contributed by atoms with Gasteiger partial charge in [0.1, 0.15) is 0 Å². The van der Waals surface area contributed by atoms with Crippen LogP contribution < -0.4 is 0 Å². The second-order valence-electron chi connectivity index (χ2n) is 9.20. The molecule has 1 aliphatic heterocycles. The van der Waals surface area contributed by atoms with E-state index in [9.17, 15) is 4.79 Å². The number of pyridine rings is 1. The van der Waals surface area contributed by atoms with E-state index in [0.29, 0.717) is 5.56 Å². The summed E-state index contributed by atoms with van der Waals surface area (Å²) in [4.78, 5) is 20.9. The highest BCUT2D eigenvalue weighted by atomic mass is 16.2. The Hall–Kier alpha value is -2.99. The number of carbonyl (C=O) groups excluding carboxylic acids is 1. The summed E-state index contributed by atoms with van der Waals surface area (Å²) in [5.41, 5.74) is 5.17. The van der Waals surface area contributed by atoms with E-state index in [1.54, 1.807) is 18.5 Å². The maximum atomic E-state index is 12.6. The lowest BCUT2D eigenvalue weighted by atomic mass is 9.92. The van der Waals surface area contributed by atoms with Crippen molar-refractivity contribution in [3.63, 3.8) is 0 Å². The van der Waals surface area contributed by atoms with Crippen LogP contribution in [-0.4, -0.2) is 56.7 Å². The van der Waals surface area contributed by atoms with Gasteiger partial charge in [-0.25, -0.2) is 0 Å². The topological polar surface area (TPSA) is 54.3 Å². The van der Waals surface area contributed by atoms with E-state index >= 15 is 0 Å². The summed E-state index contributed by atoms with van der Waals surface area (Å²) in [6.07, 6.45) is 3.33. The average Bonchev–Trinajstić information content (AvgIpc) is 3.17. The highest BCUT2D eigenvalue weighted by Gasteiger charge is 2.23. The summed E-state index contributed by atoms with van der Waals surface area (Å²) in [5.74, 6) is 0.0643. The summed E-state index contributed by atoms with van der Waals surface area (Å²) >= 11 is 0. The summed E-state index contributed by atoms with van der Waals surface area (Å²) in [6, 6.07) is 15.6. The van der Waals surface area contributed by atoms with Gasteiger partial charge in [0, 0.05) is 63.1 Å². The second kappa shape index (κ2) is 8.63. The number of nitrogens with zero attached hydrogens (tertiary/aromatic N) is 5. The van der Waals surface area contributed by atoms with Crippen molar-refractivity contribution in [2.75, 3.05) is 26.2 Å². The molecule has 0 N–H and O–H groups in total. The molecule has 1 aromatic carbocycles. The molecule has 0 unspecified atom stereocenters. The van der Waals surface area contributed by atoms with Crippen molar-refractivity contribution in [2.24, 2.45) is 7.05 Å². The molecule has 4 rings (SSSR count). The van der Waals surface area contributed by atoms with E-state index in [1.807, 2.05) is 22.7 Å². The molecule has 0 spiro atoms. The predicted octanol–water partition coefficient (Wildman–Crippen LogP) is 3.54. The molecule has 1 saturated heterocycles. The first-order valence-corrected chi connectivity index (χ1v) is 10.8. The van der Waals surface area contributed by atoms with Crippen LogP contribution in [0.15, 0.2) is 48.8 Å². The fourth-order valence-corrected chi connectivity index (χ4v) is 3.84. The van der Waals surface area contributed by atoms with Gasteiger partial charge in [0.15, 0.2) is 0 Å². The molecule has 3 heterocycles. The molecule has 0 bridgehead atoms. The average molecular weight is 417 g/mol. The molecule has 6 heteroatoms. The molecule has 0 aliphatic carbocycles. The smallest absolute Gasteiger partial charge is 0.255 e. The molecule has 6 nitrogen and oxygen atoms in total. The fraction of sp³-hybridized carbons (Fsp3) is 0.400. The van der Waals surface area contributed by atoms with Gasteiger partial charge < -0.3 is 4.90 Å². The molecule has 0 saturated carbocycles. The molecule has 3 aromatic rings. The highest BCUT2D eigenvalue weighted by Crippen LogP contribution is 2.27. The Morgan fingerprint density at radius 2 is 1.90 bits per heavy atom. The molecule has 1 radical (unpaired) electrons. The van der Waals surface area contributed by atoms with Crippen molar-refractivity contribution in [3.05, 3.63) is 71.7 Å². The van der Waals surface area contributed by atoms with Crippen molar-refractivity contribution < 1.29 is 4.79 Å². The predicted molar refractivity (Wildman–Crippen MR) is 122 cm³/mol. The van der Waals surface area contributed by atoms with Crippen LogP contribution in [0.4, 0.5) is 0 Å². The number of amides is 1. The molecule has 2 aromatic heterocycles. The van der Waals surface area contributed by atoms with Crippen LogP contribution in [0, 0.1) is 6.07 Å². The van der Waals surface area contributed by atoms with E-state index < -0.39 is 0 Å². The number of benzene rings is 1. The molecule has 161 valence electrons. The minimum atomic E-state index is 0.0280. The highest BCUT2D eigenvalue weighted by molar-refractivity contribution is 5.93. The summed E-state index contributed by atoms with van der Waals surface area (Å²) in [7, 11) is 1.99. The Morgan fingerprint density at radius 1 is 1.13 bits per heavy atom. The number of aromatic nitrogens is 3. The minimum absolute atomic E-state index is 0.0280. The van der Waals surface area contributed by atoms with E-state index in [0.717, 1.165) is 55.2 Å². The molecule has 1 fully saturated rings. The third-order valence-electron chi connectivity index (χ3n) is 5.78. The second-order valence-corrected chi connectivity index (χ2v) is 9.20. The quantitative estimate of drug-likeness (QED) is 0.653. The first-order chi connectivity index (χ1) is 14.8. The third kappa shape index (κ3) is 4.85. The van der Waals surface area contributed by atoms with Crippen molar-refractivity contribution >= 4 is 5.91 Å². The normalized spacial score (nSPS) is 15.3. The zero-order chi connectivity index (χ0) is 22.0. The molecule has 31 heavy (non-hydrogen) atoms. The van der Waals surface area contributed by atoms with Crippen LogP contribution in [0.3, 0.4) is 0 Å². The van der Waals surface area contributed by atoms with Gasteiger partial charge in [-0.1, -0.05) is 32.9 Å². The molecular weight excluding hydrogens is 386 g/mol. The van der Waals surface area contributed by atoms with Gasteiger partial charge in [-0.3, -0.25) is 19.4 Å². The molecule has 1 aliphatic rings.